The zero-order valence-corrected chi connectivity index (χ0v) is 14.2. The first-order chi connectivity index (χ1) is 11.0. The topological polar surface area (TPSA) is 52.6 Å². The first-order valence-electron chi connectivity index (χ1n) is 8.78. The van der Waals surface area contributed by atoms with Gasteiger partial charge in [0.15, 0.2) is 0 Å². The van der Waals surface area contributed by atoms with Crippen LogP contribution in [0.3, 0.4) is 0 Å². The highest BCUT2D eigenvalue weighted by atomic mass is 16.3. The molecule has 0 aliphatic carbocycles. The smallest absolute Gasteiger partial charge is 0.229 e. The van der Waals surface area contributed by atoms with Gasteiger partial charge < -0.3 is 15.3 Å². The van der Waals surface area contributed by atoms with E-state index in [2.05, 4.69) is 19.2 Å². The molecule has 2 N–H and O–H groups in total. The Kier molecular flexibility index (Phi) is 4.74. The van der Waals surface area contributed by atoms with E-state index in [0.29, 0.717) is 18.9 Å². The van der Waals surface area contributed by atoms with Gasteiger partial charge in [0, 0.05) is 6.54 Å². The first kappa shape index (κ1) is 16.5. The van der Waals surface area contributed by atoms with Crippen LogP contribution in [0.25, 0.3) is 0 Å². The fourth-order valence-corrected chi connectivity index (χ4v) is 4.20. The van der Waals surface area contributed by atoms with Gasteiger partial charge in [-0.2, -0.15) is 0 Å². The van der Waals surface area contributed by atoms with E-state index in [1.165, 1.54) is 0 Å². The minimum absolute atomic E-state index is 0.216. The van der Waals surface area contributed by atoms with Crippen molar-refractivity contribution >= 4 is 5.91 Å². The molecule has 0 radical (unpaired) electrons. The Morgan fingerprint density at radius 3 is 2.52 bits per heavy atom. The van der Waals surface area contributed by atoms with Gasteiger partial charge in [-0.3, -0.25) is 4.79 Å². The number of hydrogen-bond donors (Lipinski definition) is 2. The van der Waals surface area contributed by atoms with Crippen LogP contribution >= 0.6 is 0 Å². The second-order valence-corrected chi connectivity index (χ2v) is 7.51. The van der Waals surface area contributed by atoms with Crippen LogP contribution in [0.15, 0.2) is 30.3 Å². The largest absolute Gasteiger partial charge is 0.391 e. The van der Waals surface area contributed by atoms with Crippen molar-refractivity contribution in [3.05, 3.63) is 35.9 Å². The monoisotopic (exact) mass is 316 g/mol. The average Bonchev–Trinajstić information content (AvgIpc) is 2.54. The highest BCUT2D eigenvalue weighted by molar-refractivity contribution is 5.84. The van der Waals surface area contributed by atoms with Crippen LogP contribution in [0.1, 0.15) is 44.7 Å². The van der Waals surface area contributed by atoms with Crippen LogP contribution in [-0.4, -0.2) is 41.7 Å². The first-order valence-corrected chi connectivity index (χ1v) is 8.78. The number of benzene rings is 1. The van der Waals surface area contributed by atoms with Crippen LogP contribution in [0.5, 0.6) is 0 Å². The third kappa shape index (κ3) is 3.15. The molecule has 4 heteroatoms. The van der Waals surface area contributed by atoms with Crippen LogP contribution < -0.4 is 5.32 Å². The minimum Gasteiger partial charge on any atom is -0.391 e. The quantitative estimate of drug-likeness (QED) is 0.900. The van der Waals surface area contributed by atoms with E-state index in [9.17, 15) is 9.90 Å². The van der Waals surface area contributed by atoms with E-state index in [4.69, 9.17) is 0 Å². The number of rotatable bonds is 3. The number of piperidine rings is 2. The molecule has 23 heavy (non-hydrogen) atoms. The summed E-state index contributed by atoms with van der Waals surface area (Å²) in [6, 6.07) is 9.77. The molecule has 1 aromatic carbocycles. The van der Waals surface area contributed by atoms with E-state index in [1.807, 2.05) is 35.2 Å². The molecule has 3 rings (SSSR count). The molecule has 2 aliphatic rings. The molecule has 1 spiro atoms. The van der Waals surface area contributed by atoms with E-state index < -0.39 is 6.10 Å². The van der Waals surface area contributed by atoms with E-state index >= 15 is 0 Å². The molecule has 0 saturated carbocycles. The molecule has 2 saturated heterocycles. The Bertz CT molecular complexity index is 538. The van der Waals surface area contributed by atoms with E-state index in [-0.39, 0.29) is 17.4 Å². The van der Waals surface area contributed by atoms with Crippen molar-refractivity contribution in [2.24, 2.45) is 11.3 Å². The van der Waals surface area contributed by atoms with Crippen molar-refractivity contribution in [2.75, 3.05) is 19.6 Å². The molecule has 1 aromatic rings. The standard InChI is InChI=1S/C19H28N2O2/c1-14(2)13-21-17(15-6-4-3-5-7-15)16(22)12-19(18(21)23)8-10-20-11-9-19/h3-7,14,16-17,20,22H,8-13H2,1-2H3/t16-,17+/m1/s1. The molecular formula is C19H28N2O2. The lowest BCUT2D eigenvalue weighted by Gasteiger charge is -2.50. The van der Waals surface area contributed by atoms with E-state index in [0.717, 1.165) is 31.5 Å². The molecule has 2 atom stereocenters. The number of aliphatic hydroxyl groups is 1. The second-order valence-electron chi connectivity index (χ2n) is 7.51. The lowest BCUT2D eigenvalue weighted by molar-refractivity contribution is -0.163. The normalized spacial score (nSPS) is 27.7. The number of likely N-dealkylation sites (tertiary alicyclic amines) is 1. The predicted octanol–water partition coefficient (Wildman–Crippen LogP) is 2.35. The van der Waals surface area contributed by atoms with Crippen molar-refractivity contribution in [3.63, 3.8) is 0 Å². The zero-order valence-electron chi connectivity index (χ0n) is 14.2. The van der Waals surface area contributed by atoms with Gasteiger partial charge in [-0.25, -0.2) is 0 Å². The molecule has 2 fully saturated rings. The maximum absolute atomic E-state index is 13.4. The molecule has 4 nitrogen and oxygen atoms in total. The van der Waals surface area contributed by atoms with Crippen molar-refractivity contribution in [1.29, 1.82) is 0 Å². The van der Waals surface area contributed by atoms with Crippen molar-refractivity contribution in [3.8, 4) is 0 Å². The third-order valence-corrected chi connectivity index (χ3v) is 5.28. The van der Waals surface area contributed by atoms with Gasteiger partial charge in [0.25, 0.3) is 0 Å². The van der Waals surface area contributed by atoms with Crippen molar-refractivity contribution in [1.82, 2.24) is 10.2 Å². The van der Waals surface area contributed by atoms with Gasteiger partial charge in [-0.05, 0) is 43.8 Å². The lowest BCUT2D eigenvalue weighted by atomic mass is 9.68. The van der Waals surface area contributed by atoms with Gasteiger partial charge in [0.1, 0.15) is 0 Å². The summed E-state index contributed by atoms with van der Waals surface area (Å²) in [5, 5.41) is 14.3. The van der Waals surface area contributed by atoms with Gasteiger partial charge in [-0.1, -0.05) is 44.2 Å². The highest BCUT2D eigenvalue weighted by Gasteiger charge is 2.51. The maximum atomic E-state index is 13.4. The number of aliphatic hydroxyl groups excluding tert-OH is 1. The Hall–Kier alpha value is -1.39. The Labute approximate surface area is 138 Å². The average molecular weight is 316 g/mol. The van der Waals surface area contributed by atoms with Crippen LogP contribution in [0.2, 0.25) is 0 Å². The number of hydrogen-bond acceptors (Lipinski definition) is 3. The molecule has 1 amide bonds. The third-order valence-electron chi connectivity index (χ3n) is 5.28. The number of nitrogens with one attached hydrogen (secondary N) is 1. The molecule has 0 unspecified atom stereocenters. The summed E-state index contributed by atoms with van der Waals surface area (Å²) in [5.74, 6) is 0.626. The molecule has 0 bridgehead atoms. The Balaban J connectivity index is 1.95. The van der Waals surface area contributed by atoms with Gasteiger partial charge >= 0.3 is 0 Å². The van der Waals surface area contributed by atoms with Crippen LogP contribution in [0.4, 0.5) is 0 Å². The summed E-state index contributed by atoms with van der Waals surface area (Å²) < 4.78 is 0. The molecule has 2 aliphatic heterocycles. The minimum atomic E-state index is -0.494. The summed E-state index contributed by atoms with van der Waals surface area (Å²) in [6.07, 6.45) is 1.76. The van der Waals surface area contributed by atoms with Crippen molar-refractivity contribution < 1.29 is 9.90 Å². The highest BCUT2D eigenvalue weighted by Crippen LogP contribution is 2.46. The summed E-state index contributed by atoms with van der Waals surface area (Å²) >= 11 is 0. The number of amides is 1. The summed E-state index contributed by atoms with van der Waals surface area (Å²) in [5.41, 5.74) is 0.669. The summed E-state index contributed by atoms with van der Waals surface area (Å²) in [4.78, 5) is 15.3. The SMILES string of the molecule is CC(C)CN1C(=O)C2(CCNCC2)C[C@@H](O)[C@@H]1c1ccccc1. The van der Waals surface area contributed by atoms with Crippen molar-refractivity contribution in [2.45, 2.75) is 45.3 Å². The molecular weight excluding hydrogens is 288 g/mol. The molecule has 126 valence electrons. The number of nitrogens with zero attached hydrogens (tertiary/aromatic N) is 1. The second kappa shape index (κ2) is 6.62. The number of carbonyl (C=O) groups excluding carboxylic acids is 1. The Morgan fingerprint density at radius 1 is 1.26 bits per heavy atom. The van der Waals surface area contributed by atoms with Gasteiger partial charge in [0.2, 0.25) is 5.91 Å². The zero-order chi connectivity index (χ0) is 16.4. The summed E-state index contributed by atoms with van der Waals surface area (Å²) in [6.45, 7) is 6.69. The van der Waals surface area contributed by atoms with Crippen LogP contribution in [0, 0.1) is 11.3 Å². The van der Waals surface area contributed by atoms with Crippen LogP contribution in [-0.2, 0) is 4.79 Å². The summed E-state index contributed by atoms with van der Waals surface area (Å²) in [7, 11) is 0. The lowest BCUT2D eigenvalue weighted by Crippen LogP contribution is -2.58. The molecule has 0 aromatic heterocycles. The van der Waals surface area contributed by atoms with Gasteiger partial charge in [-0.15, -0.1) is 0 Å². The maximum Gasteiger partial charge on any atom is 0.229 e. The Morgan fingerprint density at radius 2 is 1.91 bits per heavy atom. The fourth-order valence-electron chi connectivity index (χ4n) is 4.20. The van der Waals surface area contributed by atoms with E-state index in [1.54, 1.807) is 0 Å². The van der Waals surface area contributed by atoms with Gasteiger partial charge in [0.05, 0.1) is 17.6 Å². The number of carbonyl (C=O) groups is 1. The molecule has 2 heterocycles. The fraction of sp³-hybridized carbons (Fsp3) is 0.632. The predicted molar refractivity (Wildman–Crippen MR) is 90.9 cm³/mol.